The lowest BCUT2D eigenvalue weighted by atomic mass is 10.1. The zero-order chi connectivity index (χ0) is 44.5. The normalized spacial score (nSPS) is 11.4. The third-order valence-corrected chi connectivity index (χ3v) is 9.03. The number of alkyl halides is 6. The summed E-state index contributed by atoms with van der Waals surface area (Å²) >= 11 is 25.1. The average Bonchev–Trinajstić information content (AvgIpc) is 3.15. The number of hydrogen-bond donors (Lipinski definition) is 3. The number of anilines is 2. The van der Waals surface area contributed by atoms with E-state index in [1.54, 1.807) is 0 Å². The Morgan fingerprint density at radius 1 is 0.567 bits per heavy atom. The van der Waals surface area contributed by atoms with Crippen molar-refractivity contribution >= 4 is 87.4 Å². The van der Waals surface area contributed by atoms with Gasteiger partial charge in [-0.05, 0) is 77.4 Å². The summed E-state index contributed by atoms with van der Waals surface area (Å²) in [5.74, 6) is -4.46. The van der Waals surface area contributed by atoms with E-state index in [9.17, 15) is 50.3 Å². The van der Waals surface area contributed by atoms with E-state index in [0.29, 0.717) is 0 Å². The van der Waals surface area contributed by atoms with E-state index in [1.807, 2.05) is 0 Å². The minimum atomic E-state index is -4.73. The maximum Gasteiger partial charge on any atom is 0.416 e. The zero-order valence-corrected chi connectivity index (χ0v) is 34.1. The third kappa shape index (κ3) is 13.7. The molecule has 0 aliphatic rings. The molecule has 21 heteroatoms. The molecular weight excluding hydrogens is 894 g/mol. The fourth-order valence-corrected chi connectivity index (χ4v) is 6.37. The minimum absolute atomic E-state index is 0.0123. The zero-order valence-electron chi connectivity index (χ0n) is 31.1. The van der Waals surface area contributed by atoms with E-state index in [0.717, 1.165) is 36.4 Å². The second-order valence-electron chi connectivity index (χ2n) is 12.6. The van der Waals surface area contributed by atoms with Crippen molar-refractivity contribution in [3.8, 4) is 11.5 Å². The molecule has 0 unspecified atom stereocenters. The Balaban J connectivity index is 1.32. The number of amides is 3. The van der Waals surface area contributed by atoms with Gasteiger partial charge < -0.3 is 30.2 Å². The van der Waals surface area contributed by atoms with Crippen LogP contribution >= 0.6 is 46.4 Å². The highest BCUT2D eigenvalue weighted by molar-refractivity contribution is 6.38. The Morgan fingerprint density at radius 3 is 1.38 bits per heavy atom. The van der Waals surface area contributed by atoms with Crippen LogP contribution in [0, 0.1) is 0 Å². The summed E-state index contributed by atoms with van der Waals surface area (Å²) in [5.41, 5.74) is -2.24. The largest absolute Gasteiger partial charge is 0.486 e. The standard InChI is InChI=1S/C39H31Cl4F6N3O8/c1-3-31(53)51-25-7-20(5-23(14-25)38(44,45)46)17-58-35-27(40)9-19(10-28(35)41)11-33(55)60-34(56)16-50-37(57)22-12-29(42)36(30(43)13-22)59-18-21-6-24(39(47,48)49)15-26(8-21)52-32(54)4-2/h5-10,12-15H,3-4,11,16-18H2,1-2H3,(H,50,57)(H,51,53)(H,52,54). The maximum atomic E-state index is 13.5. The first-order valence-electron chi connectivity index (χ1n) is 17.3. The van der Waals surface area contributed by atoms with Crippen molar-refractivity contribution < 1.29 is 64.5 Å². The van der Waals surface area contributed by atoms with Crippen molar-refractivity contribution in [2.75, 3.05) is 17.2 Å². The van der Waals surface area contributed by atoms with E-state index in [-0.39, 0.29) is 78.1 Å². The third-order valence-electron chi connectivity index (χ3n) is 7.90. The Bertz CT molecular complexity index is 2260. The van der Waals surface area contributed by atoms with Gasteiger partial charge >= 0.3 is 24.3 Å². The molecule has 0 heterocycles. The SMILES string of the molecule is CCC(=O)Nc1cc(COc2c(Cl)cc(CC(=O)OC(=O)CNC(=O)c3cc(Cl)c(OCc4cc(NC(=O)CC)cc(C(F)(F)F)c4)c(Cl)c3)cc2Cl)cc(C(F)(F)F)c1. The number of hydrogen-bond acceptors (Lipinski definition) is 8. The maximum absolute atomic E-state index is 13.5. The van der Waals surface area contributed by atoms with E-state index < -0.39 is 79.3 Å². The Hall–Kier alpha value is -5.23. The van der Waals surface area contributed by atoms with Crippen molar-refractivity contribution in [3.63, 3.8) is 0 Å². The van der Waals surface area contributed by atoms with Crippen LogP contribution in [-0.2, 0) is 55.9 Å². The summed E-state index contributed by atoms with van der Waals surface area (Å²) in [6, 6.07) is 10.5. The number of rotatable bonds is 15. The molecule has 60 heavy (non-hydrogen) atoms. The monoisotopic (exact) mass is 923 g/mol. The molecule has 4 rings (SSSR count). The molecule has 0 bridgehead atoms. The van der Waals surface area contributed by atoms with E-state index in [4.69, 9.17) is 60.6 Å². The molecular formula is C39H31Cl4F6N3O8. The van der Waals surface area contributed by atoms with Crippen LogP contribution in [0.4, 0.5) is 37.7 Å². The highest BCUT2D eigenvalue weighted by Gasteiger charge is 2.32. The predicted octanol–water partition coefficient (Wildman–Crippen LogP) is 10.2. The van der Waals surface area contributed by atoms with Gasteiger partial charge in [-0.2, -0.15) is 26.3 Å². The summed E-state index contributed by atoms with van der Waals surface area (Å²) < 4.78 is 96.8. The van der Waals surface area contributed by atoms with Crippen molar-refractivity contribution in [2.45, 2.75) is 58.7 Å². The number of carbonyl (C=O) groups is 5. The second kappa shape index (κ2) is 20.4. The van der Waals surface area contributed by atoms with E-state index in [1.165, 1.54) is 38.1 Å². The number of nitrogens with one attached hydrogen (secondary N) is 3. The number of benzene rings is 4. The smallest absolute Gasteiger partial charge is 0.416 e. The van der Waals surface area contributed by atoms with Crippen LogP contribution in [0.3, 0.4) is 0 Å². The number of carbonyl (C=O) groups excluding carboxylic acids is 5. The average molecular weight is 925 g/mol. The van der Waals surface area contributed by atoms with Crippen LogP contribution in [0.2, 0.25) is 20.1 Å². The van der Waals surface area contributed by atoms with Crippen LogP contribution in [0.1, 0.15) is 64.9 Å². The predicted molar refractivity (Wildman–Crippen MR) is 209 cm³/mol. The quantitative estimate of drug-likeness (QED) is 0.0606. The Labute approximate surface area is 357 Å². The van der Waals surface area contributed by atoms with Crippen LogP contribution < -0.4 is 25.4 Å². The molecule has 3 amide bonds. The molecule has 320 valence electrons. The summed E-state index contributed by atoms with van der Waals surface area (Å²) in [5, 5.41) is 6.26. The van der Waals surface area contributed by atoms with Crippen LogP contribution in [0.25, 0.3) is 0 Å². The lowest BCUT2D eigenvalue weighted by molar-refractivity contribution is -0.158. The molecule has 11 nitrogen and oxygen atoms in total. The molecule has 0 spiro atoms. The molecule has 0 saturated carbocycles. The summed E-state index contributed by atoms with van der Waals surface area (Å²) in [7, 11) is 0. The van der Waals surface area contributed by atoms with Gasteiger partial charge in [0.25, 0.3) is 5.91 Å². The van der Waals surface area contributed by atoms with Gasteiger partial charge in [0, 0.05) is 29.8 Å². The molecule has 0 radical (unpaired) electrons. The van der Waals surface area contributed by atoms with E-state index >= 15 is 0 Å². The second-order valence-corrected chi connectivity index (χ2v) is 14.2. The first kappa shape index (κ1) is 47.4. The van der Waals surface area contributed by atoms with Crippen molar-refractivity contribution in [2.24, 2.45) is 0 Å². The first-order valence-corrected chi connectivity index (χ1v) is 18.8. The van der Waals surface area contributed by atoms with Crippen LogP contribution in [0.15, 0.2) is 60.7 Å². The van der Waals surface area contributed by atoms with Gasteiger partial charge in [0.05, 0.1) is 37.6 Å². The minimum Gasteiger partial charge on any atom is -0.486 e. The first-order chi connectivity index (χ1) is 28.1. The molecule has 0 atom stereocenters. The molecule has 4 aromatic carbocycles. The van der Waals surface area contributed by atoms with Gasteiger partial charge in [0.1, 0.15) is 19.8 Å². The lowest BCUT2D eigenvalue weighted by Crippen LogP contribution is -2.32. The highest BCUT2D eigenvalue weighted by Crippen LogP contribution is 2.38. The van der Waals surface area contributed by atoms with Gasteiger partial charge in [-0.3, -0.25) is 19.2 Å². The van der Waals surface area contributed by atoms with Gasteiger partial charge in [0.2, 0.25) is 11.8 Å². The van der Waals surface area contributed by atoms with Crippen molar-refractivity contribution in [1.29, 1.82) is 0 Å². The lowest BCUT2D eigenvalue weighted by Gasteiger charge is -2.15. The van der Waals surface area contributed by atoms with Gasteiger partial charge in [-0.15, -0.1) is 0 Å². The number of esters is 2. The number of ether oxygens (including phenoxy) is 3. The Morgan fingerprint density at radius 2 is 0.983 bits per heavy atom. The van der Waals surface area contributed by atoms with Crippen molar-refractivity contribution in [1.82, 2.24) is 5.32 Å². The van der Waals surface area contributed by atoms with Gasteiger partial charge in [0.15, 0.2) is 11.5 Å². The molecule has 0 aromatic heterocycles. The molecule has 0 aliphatic heterocycles. The summed E-state index contributed by atoms with van der Waals surface area (Å²) in [4.78, 5) is 61.2. The van der Waals surface area contributed by atoms with Crippen LogP contribution in [0.5, 0.6) is 11.5 Å². The molecule has 0 fully saturated rings. The Kier molecular flexibility index (Phi) is 16.1. The fraction of sp³-hybridized carbons (Fsp3) is 0.256. The molecule has 0 saturated heterocycles. The molecule has 3 N–H and O–H groups in total. The topological polar surface area (TPSA) is 149 Å². The summed E-state index contributed by atoms with van der Waals surface area (Å²) in [6.07, 6.45) is -9.92. The number of halogens is 10. The van der Waals surface area contributed by atoms with E-state index in [2.05, 4.69) is 16.0 Å². The van der Waals surface area contributed by atoms with Gasteiger partial charge in [-0.25, -0.2) is 4.79 Å². The molecule has 0 aliphatic carbocycles. The fourth-order valence-electron chi connectivity index (χ4n) is 5.13. The van der Waals surface area contributed by atoms with Crippen LogP contribution in [-0.4, -0.2) is 36.2 Å². The molecule has 4 aromatic rings. The van der Waals surface area contributed by atoms with Crippen molar-refractivity contribution in [3.05, 3.63) is 114 Å². The van der Waals surface area contributed by atoms with Gasteiger partial charge in [-0.1, -0.05) is 60.3 Å². The summed E-state index contributed by atoms with van der Waals surface area (Å²) in [6.45, 7) is 1.36. The highest BCUT2D eigenvalue weighted by atomic mass is 35.5.